The zero-order valence-electron chi connectivity index (χ0n) is 20.5. The van der Waals surface area contributed by atoms with Gasteiger partial charge in [0.15, 0.2) is 5.15 Å². The second-order valence-corrected chi connectivity index (χ2v) is 11.4. The van der Waals surface area contributed by atoms with E-state index >= 15 is 0 Å². The fourth-order valence-corrected chi connectivity index (χ4v) is 5.40. The minimum Gasteiger partial charge on any atom is -0.483 e. The van der Waals surface area contributed by atoms with Gasteiger partial charge in [-0.15, -0.1) is 11.3 Å². The summed E-state index contributed by atoms with van der Waals surface area (Å²) in [4.78, 5) is 32.3. The second-order valence-electron chi connectivity index (χ2n) is 8.37. The number of rotatable bonds is 7. The van der Waals surface area contributed by atoms with Gasteiger partial charge in [0.05, 0.1) is 49.1 Å². The van der Waals surface area contributed by atoms with Crippen molar-refractivity contribution in [1.82, 2.24) is 25.1 Å². The van der Waals surface area contributed by atoms with Crippen LogP contribution in [0.15, 0.2) is 36.0 Å². The molecule has 1 amide bonds. The lowest BCUT2D eigenvalue weighted by atomic mass is 10.0. The third-order valence-electron chi connectivity index (χ3n) is 5.52. The number of amides is 1. The second kappa shape index (κ2) is 12.5. The average molecular weight is 594 g/mol. The number of H-pyrrole nitrogens is 1. The zero-order chi connectivity index (χ0) is 28.0. The number of nitrogens with zero attached hydrogens (tertiary/aromatic N) is 4. The summed E-state index contributed by atoms with van der Waals surface area (Å²) in [6, 6.07) is 5.18. The molecule has 1 aliphatic rings. The molecule has 4 aromatic rings. The first-order chi connectivity index (χ1) is 18.7. The number of thiazole rings is 1. The van der Waals surface area contributed by atoms with Gasteiger partial charge in [-0.25, -0.2) is 18.4 Å². The number of anilines is 2. The molecule has 0 bridgehead atoms. The van der Waals surface area contributed by atoms with Crippen molar-refractivity contribution in [3.05, 3.63) is 51.8 Å². The van der Waals surface area contributed by atoms with Crippen LogP contribution >= 0.6 is 22.9 Å². The number of carbonyl (C=O) groups excluding carboxylic acids is 1. The molecular formula is C23H24ClN7O6S2. The molecule has 0 atom stereocenters. The van der Waals surface area contributed by atoms with E-state index in [0.29, 0.717) is 53.2 Å². The highest BCUT2D eigenvalue weighted by molar-refractivity contribution is 7.92. The molecule has 1 fully saturated rings. The van der Waals surface area contributed by atoms with E-state index in [1.807, 2.05) is 6.07 Å². The number of hydrogen-bond acceptors (Lipinski definition) is 10. The summed E-state index contributed by atoms with van der Waals surface area (Å²) >= 11 is 7.52. The summed E-state index contributed by atoms with van der Waals surface area (Å²) in [6.45, 7) is 3.51. The fourth-order valence-electron chi connectivity index (χ4n) is 3.82. The molecule has 3 aromatic heterocycles. The SMILES string of the molecule is CS(=O)(=O)Nc1cc(-c2cc(NC(=O)c3csc(CN4CCOCC4)n3)c3cn[nH]c3c2)cnc1Cl.O=CO. The maximum atomic E-state index is 13.1. The molecule has 0 unspecified atom stereocenters. The molecule has 206 valence electrons. The molecule has 0 spiro atoms. The van der Waals surface area contributed by atoms with Crippen molar-refractivity contribution in [2.24, 2.45) is 0 Å². The van der Waals surface area contributed by atoms with E-state index in [1.165, 1.54) is 17.5 Å². The van der Waals surface area contributed by atoms with Crippen LogP contribution in [-0.2, 0) is 26.1 Å². The number of aromatic nitrogens is 4. The Balaban J connectivity index is 0.00000112. The first-order valence-electron chi connectivity index (χ1n) is 11.4. The van der Waals surface area contributed by atoms with Crippen LogP contribution in [0.4, 0.5) is 11.4 Å². The first kappa shape index (κ1) is 28.4. The third kappa shape index (κ3) is 7.48. The van der Waals surface area contributed by atoms with E-state index in [4.69, 9.17) is 26.2 Å². The van der Waals surface area contributed by atoms with Crippen LogP contribution in [0, 0.1) is 0 Å². The van der Waals surface area contributed by atoms with Crippen molar-refractivity contribution >= 4 is 67.6 Å². The first-order valence-corrected chi connectivity index (χ1v) is 14.6. The highest BCUT2D eigenvalue weighted by Gasteiger charge is 2.18. The molecule has 0 radical (unpaired) electrons. The van der Waals surface area contributed by atoms with Gasteiger partial charge in [0.25, 0.3) is 12.4 Å². The molecule has 1 aliphatic heterocycles. The number of carboxylic acid groups (broad SMARTS) is 1. The number of aromatic amines is 1. The Labute approximate surface area is 232 Å². The topological polar surface area (TPSA) is 179 Å². The van der Waals surface area contributed by atoms with Gasteiger partial charge in [0.2, 0.25) is 10.0 Å². The standard InChI is InChI=1S/C22H22ClN7O4S2.CH2O2/c1-36(32,33)29-18-8-14(9-24-21(18)23)13-6-16(15-10-25-28-17(15)7-13)27-22(31)19-12-35-20(26-19)11-30-2-4-34-5-3-30;2-1-3/h6-10,12,29H,2-5,11H2,1H3,(H,25,28)(H,27,31);1H,(H,2,3). The number of benzene rings is 1. The molecule has 0 aliphatic carbocycles. The summed E-state index contributed by atoms with van der Waals surface area (Å²) < 4.78 is 31.1. The van der Waals surface area contributed by atoms with E-state index < -0.39 is 10.0 Å². The van der Waals surface area contributed by atoms with Crippen LogP contribution in [0.2, 0.25) is 5.15 Å². The Hall–Kier alpha value is -3.63. The molecule has 1 aromatic carbocycles. The van der Waals surface area contributed by atoms with Crippen LogP contribution in [0.1, 0.15) is 15.5 Å². The number of ether oxygens (including phenoxy) is 1. The number of morpholine rings is 1. The maximum absolute atomic E-state index is 13.1. The zero-order valence-corrected chi connectivity index (χ0v) is 22.9. The van der Waals surface area contributed by atoms with Crippen LogP contribution in [0.5, 0.6) is 0 Å². The summed E-state index contributed by atoms with van der Waals surface area (Å²) in [5, 5.41) is 20.2. The maximum Gasteiger partial charge on any atom is 0.290 e. The van der Waals surface area contributed by atoms with Crippen molar-refractivity contribution in [3.63, 3.8) is 0 Å². The van der Waals surface area contributed by atoms with E-state index in [-0.39, 0.29) is 23.2 Å². The van der Waals surface area contributed by atoms with Gasteiger partial charge in [-0.05, 0) is 23.8 Å². The summed E-state index contributed by atoms with van der Waals surface area (Å²) in [5.41, 5.74) is 2.96. The smallest absolute Gasteiger partial charge is 0.290 e. The van der Waals surface area contributed by atoms with Crippen molar-refractivity contribution in [3.8, 4) is 11.1 Å². The number of pyridine rings is 1. The normalized spacial score (nSPS) is 13.9. The Bertz CT molecular complexity index is 1580. The van der Waals surface area contributed by atoms with Gasteiger partial charge >= 0.3 is 0 Å². The van der Waals surface area contributed by atoms with Crippen LogP contribution in [0.3, 0.4) is 0 Å². The number of carbonyl (C=O) groups is 2. The number of hydrogen-bond donors (Lipinski definition) is 4. The van der Waals surface area contributed by atoms with Crippen molar-refractivity contribution in [2.45, 2.75) is 6.54 Å². The Morgan fingerprint density at radius 2 is 1.95 bits per heavy atom. The summed E-state index contributed by atoms with van der Waals surface area (Å²) in [6.07, 6.45) is 4.18. The number of nitrogens with one attached hydrogen (secondary N) is 3. The number of halogens is 1. The van der Waals surface area contributed by atoms with Gasteiger partial charge in [0.1, 0.15) is 10.7 Å². The molecule has 1 saturated heterocycles. The Kier molecular flexibility index (Phi) is 9.08. The largest absolute Gasteiger partial charge is 0.483 e. The minimum atomic E-state index is -3.55. The molecule has 4 N–H and O–H groups in total. The molecule has 13 nitrogen and oxygen atoms in total. The van der Waals surface area contributed by atoms with Gasteiger partial charge < -0.3 is 15.2 Å². The van der Waals surface area contributed by atoms with Gasteiger partial charge in [-0.2, -0.15) is 5.10 Å². The minimum absolute atomic E-state index is 0.0248. The average Bonchev–Trinajstić information content (AvgIpc) is 3.56. The number of fused-ring (bicyclic) bond motifs is 1. The van der Waals surface area contributed by atoms with Crippen molar-refractivity contribution in [2.75, 3.05) is 42.6 Å². The predicted octanol–water partition coefficient (Wildman–Crippen LogP) is 2.89. The van der Waals surface area contributed by atoms with Crippen LogP contribution < -0.4 is 10.0 Å². The predicted molar refractivity (Wildman–Crippen MR) is 148 cm³/mol. The monoisotopic (exact) mass is 593 g/mol. The highest BCUT2D eigenvalue weighted by Crippen LogP contribution is 2.33. The molecular weight excluding hydrogens is 570 g/mol. The third-order valence-corrected chi connectivity index (χ3v) is 7.25. The molecule has 0 saturated carbocycles. The van der Waals surface area contributed by atoms with Crippen molar-refractivity contribution in [1.29, 1.82) is 0 Å². The Morgan fingerprint density at radius 1 is 1.23 bits per heavy atom. The van der Waals surface area contributed by atoms with E-state index in [2.05, 4.69) is 35.1 Å². The van der Waals surface area contributed by atoms with Crippen LogP contribution in [-0.4, -0.2) is 83.5 Å². The van der Waals surface area contributed by atoms with Gasteiger partial charge in [-0.3, -0.25) is 24.3 Å². The van der Waals surface area contributed by atoms with E-state index in [9.17, 15) is 13.2 Å². The quantitative estimate of drug-likeness (QED) is 0.184. The van der Waals surface area contributed by atoms with Crippen molar-refractivity contribution < 1.29 is 27.9 Å². The van der Waals surface area contributed by atoms with Gasteiger partial charge in [0, 0.05) is 35.6 Å². The number of sulfonamides is 1. The van der Waals surface area contributed by atoms with Gasteiger partial charge in [-0.1, -0.05) is 11.6 Å². The fraction of sp³-hybridized carbons (Fsp3) is 0.261. The molecule has 16 heteroatoms. The van der Waals surface area contributed by atoms with Crippen LogP contribution in [0.25, 0.3) is 22.0 Å². The lowest BCUT2D eigenvalue weighted by Crippen LogP contribution is -2.35. The molecule has 4 heterocycles. The summed E-state index contributed by atoms with van der Waals surface area (Å²) in [7, 11) is -3.55. The highest BCUT2D eigenvalue weighted by atomic mass is 35.5. The van der Waals surface area contributed by atoms with E-state index in [1.54, 1.807) is 23.7 Å². The Morgan fingerprint density at radius 3 is 2.67 bits per heavy atom. The van der Waals surface area contributed by atoms with E-state index in [0.717, 1.165) is 24.4 Å². The molecule has 39 heavy (non-hydrogen) atoms. The lowest BCUT2D eigenvalue weighted by Gasteiger charge is -2.25. The summed E-state index contributed by atoms with van der Waals surface area (Å²) in [5.74, 6) is -0.340. The lowest BCUT2D eigenvalue weighted by molar-refractivity contribution is -0.122. The molecule has 5 rings (SSSR count).